The van der Waals surface area contributed by atoms with Gasteiger partial charge in [-0.25, -0.2) is 0 Å². The van der Waals surface area contributed by atoms with Crippen molar-refractivity contribution < 1.29 is 9.53 Å². The number of para-hydroxylation sites is 3. The van der Waals surface area contributed by atoms with E-state index in [1.165, 1.54) is 6.42 Å². The molecule has 0 aromatic heterocycles. The Hall–Kier alpha value is -1.46. The lowest BCUT2D eigenvalue weighted by molar-refractivity contribution is -0.134. The molecule has 2 aromatic carbocycles. The molecular formula is C19H21Cl3N2O2. The minimum atomic E-state index is -0.242. The maximum absolute atomic E-state index is 12.2. The minimum absolute atomic E-state index is 0. The number of ether oxygens (including phenoxy) is 1. The Morgan fingerprint density at radius 1 is 1.15 bits per heavy atom. The smallest absolute Gasteiger partial charge is 0.311 e. The summed E-state index contributed by atoms with van der Waals surface area (Å²) in [6.45, 7) is 1.03. The molecule has 0 aliphatic carbocycles. The van der Waals surface area contributed by atoms with E-state index in [1.807, 2.05) is 18.2 Å². The van der Waals surface area contributed by atoms with Crippen LogP contribution in [0, 0.1) is 0 Å². The first-order chi connectivity index (χ1) is 12.1. The van der Waals surface area contributed by atoms with Crippen LogP contribution in [0.25, 0.3) is 0 Å². The van der Waals surface area contributed by atoms with E-state index >= 15 is 0 Å². The van der Waals surface area contributed by atoms with Crippen LogP contribution in [0.15, 0.2) is 42.5 Å². The van der Waals surface area contributed by atoms with Gasteiger partial charge < -0.3 is 15.4 Å². The molecule has 0 amide bonds. The van der Waals surface area contributed by atoms with Crippen molar-refractivity contribution in [1.29, 1.82) is 0 Å². The van der Waals surface area contributed by atoms with Crippen molar-refractivity contribution in [1.82, 2.24) is 5.32 Å². The summed E-state index contributed by atoms with van der Waals surface area (Å²) in [6, 6.07) is 12.9. The first-order valence-corrected chi connectivity index (χ1v) is 9.13. The first kappa shape index (κ1) is 20.8. The molecule has 1 saturated heterocycles. The third-order valence-electron chi connectivity index (χ3n) is 4.19. The lowest BCUT2D eigenvalue weighted by Gasteiger charge is -2.15. The molecule has 2 N–H and O–H groups in total. The molecule has 26 heavy (non-hydrogen) atoms. The number of anilines is 2. The molecule has 1 unspecified atom stereocenters. The monoisotopic (exact) mass is 414 g/mol. The Balaban J connectivity index is 0.00000243. The fourth-order valence-electron chi connectivity index (χ4n) is 2.88. The van der Waals surface area contributed by atoms with Crippen LogP contribution < -0.4 is 15.4 Å². The minimum Gasteiger partial charge on any atom is -0.424 e. The molecule has 0 saturated carbocycles. The average molecular weight is 416 g/mol. The van der Waals surface area contributed by atoms with Crippen molar-refractivity contribution in [2.75, 3.05) is 11.9 Å². The second-order valence-electron chi connectivity index (χ2n) is 6.02. The number of hydrogen-bond acceptors (Lipinski definition) is 4. The highest BCUT2D eigenvalue weighted by Gasteiger charge is 2.17. The van der Waals surface area contributed by atoms with Crippen LogP contribution >= 0.6 is 35.6 Å². The average Bonchev–Trinajstić information content (AvgIpc) is 3.11. The number of halogens is 3. The highest BCUT2D eigenvalue weighted by molar-refractivity contribution is 6.39. The molecule has 1 heterocycles. The van der Waals surface area contributed by atoms with E-state index in [0.29, 0.717) is 39.6 Å². The van der Waals surface area contributed by atoms with Crippen molar-refractivity contribution in [3.05, 3.63) is 52.5 Å². The molecule has 1 atom stereocenters. The summed E-state index contributed by atoms with van der Waals surface area (Å²) in [6.07, 6.45) is 3.48. The fourth-order valence-corrected chi connectivity index (χ4v) is 3.37. The van der Waals surface area contributed by atoms with Crippen molar-refractivity contribution in [3.8, 4) is 5.75 Å². The molecule has 2 aromatic rings. The molecule has 1 aliphatic heterocycles. The Bertz CT molecular complexity index is 729. The van der Waals surface area contributed by atoms with E-state index in [4.69, 9.17) is 27.9 Å². The Labute approximate surface area is 169 Å². The number of carbonyl (C=O) groups excluding carboxylic acids is 1. The van der Waals surface area contributed by atoms with Crippen LogP contribution in [0.3, 0.4) is 0 Å². The predicted octanol–water partition coefficient (Wildman–Crippen LogP) is 5.60. The highest BCUT2D eigenvalue weighted by Crippen LogP contribution is 2.35. The molecule has 140 valence electrons. The van der Waals surface area contributed by atoms with Gasteiger partial charge in [0.25, 0.3) is 0 Å². The van der Waals surface area contributed by atoms with E-state index in [9.17, 15) is 4.79 Å². The third kappa shape index (κ3) is 5.52. The number of hydrogen-bond donors (Lipinski definition) is 2. The quantitative estimate of drug-likeness (QED) is 0.476. The van der Waals surface area contributed by atoms with Crippen LogP contribution in [0.5, 0.6) is 5.75 Å². The Morgan fingerprint density at radius 2 is 1.88 bits per heavy atom. The molecule has 3 rings (SSSR count). The topological polar surface area (TPSA) is 50.4 Å². The van der Waals surface area contributed by atoms with Gasteiger partial charge in [-0.05, 0) is 50.1 Å². The van der Waals surface area contributed by atoms with Gasteiger partial charge in [0, 0.05) is 12.5 Å². The van der Waals surface area contributed by atoms with Gasteiger partial charge in [-0.1, -0.05) is 41.4 Å². The highest BCUT2D eigenvalue weighted by atomic mass is 35.5. The summed E-state index contributed by atoms with van der Waals surface area (Å²) in [7, 11) is 0. The summed E-state index contributed by atoms with van der Waals surface area (Å²) >= 11 is 12.4. The predicted molar refractivity (Wildman–Crippen MR) is 109 cm³/mol. The van der Waals surface area contributed by atoms with E-state index in [2.05, 4.69) is 10.6 Å². The van der Waals surface area contributed by atoms with Gasteiger partial charge in [-0.2, -0.15) is 0 Å². The molecule has 7 heteroatoms. The largest absolute Gasteiger partial charge is 0.424 e. The van der Waals surface area contributed by atoms with Gasteiger partial charge in [0.15, 0.2) is 5.75 Å². The Morgan fingerprint density at radius 3 is 2.58 bits per heavy atom. The number of rotatable bonds is 6. The van der Waals surface area contributed by atoms with Crippen molar-refractivity contribution in [2.24, 2.45) is 0 Å². The second-order valence-corrected chi connectivity index (χ2v) is 6.84. The van der Waals surface area contributed by atoms with E-state index < -0.39 is 0 Å². The van der Waals surface area contributed by atoms with Crippen LogP contribution in [0.1, 0.15) is 25.7 Å². The van der Waals surface area contributed by atoms with Crippen LogP contribution in [-0.4, -0.2) is 18.6 Å². The molecule has 0 spiro atoms. The van der Waals surface area contributed by atoms with Crippen LogP contribution in [0.2, 0.25) is 10.0 Å². The fraction of sp³-hybridized carbons (Fsp3) is 0.316. The summed E-state index contributed by atoms with van der Waals surface area (Å²) in [4.78, 5) is 12.2. The molecule has 4 nitrogen and oxygen atoms in total. The van der Waals surface area contributed by atoms with Gasteiger partial charge in [0.05, 0.1) is 21.4 Å². The van der Waals surface area contributed by atoms with Gasteiger partial charge in [-0.15, -0.1) is 12.4 Å². The number of esters is 1. The maximum Gasteiger partial charge on any atom is 0.311 e. The second kappa shape index (κ2) is 10.0. The summed E-state index contributed by atoms with van der Waals surface area (Å²) in [5.41, 5.74) is 1.23. The van der Waals surface area contributed by atoms with Crippen LogP contribution in [0.4, 0.5) is 11.4 Å². The maximum atomic E-state index is 12.2. The van der Waals surface area contributed by atoms with Gasteiger partial charge in [-0.3, -0.25) is 4.79 Å². The summed E-state index contributed by atoms with van der Waals surface area (Å²) in [5, 5.41) is 7.54. The van der Waals surface area contributed by atoms with Crippen molar-refractivity contribution >= 4 is 53.0 Å². The SMILES string of the molecule is Cl.O=C(CCC1CCCN1)Oc1ccccc1Nc1c(Cl)cccc1Cl. The molecular weight excluding hydrogens is 395 g/mol. The van der Waals surface area contributed by atoms with Gasteiger partial charge in [0.1, 0.15) is 0 Å². The normalized spacial score (nSPS) is 16.0. The van der Waals surface area contributed by atoms with Crippen molar-refractivity contribution in [3.63, 3.8) is 0 Å². The van der Waals surface area contributed by atoms with Gasteiger partial charge >= 0.3 is 5.97 Å². The van der Waals surface area contributed by atoms with Crippen LogP contribution in [-0.2, 0) is 4.79 Å². The molecule has 1 fully saturated rings. The zero-order valence-electron chi connectivity index (χ0n) is 14.1. The zero-order chi connectivity index (χ0) is 17.6. The van der Waals surface area contributed by atoms with E-state index in [0.717, 1.165) is 19.4 Å². The standard InChI is InChI=1S/C19H20Cl2N2O2.ClH/c20-14-6-3-7-15(21)19(14)23-16-8-1-2-9-17(16)25-18(24)11-10-13-5-4-12-22-13;/h1-3,6-9,13,22-23H,4-5,10-12H2;1H. The lowest BCUT2D eigenvalue weighted by Crippen LogP contribution is -2.23. The molecule has 0 radical (unpaired) electrons. The lowest BCUT2D eigenvalue weighted by atomic mass is 10.1. The number of carbonyl (C=O) groups is 1. The number of nitrogens with one attached hydrogen (secondary N) is 2. The summed E-state index contributed by atoms with van der Waals surface area (Å²) in [5.74, 6) is 0.219. The molecule has 1 aliphatic rings. The third-order valence-corrected chi connectivity index (χ3v) is 4.82. The first-order valence-electron chi connectivity index (χ1n) is 8.37. The van der Waals surface area contributed by atoms with Crippen molar-refractivity contribution in [2.45, 2.75) is 31.7 Å². The van der Waals surface area contributed by atoms with E-state index in [-0.39, 0.29) is 18.4 Å². The Kier molecular flexibility index (Phi) is 8.04. The molecule has 0 bridgehead atoms. The summed E-state index contributed by atoms with van der Waals surface area (Å²) < 4.78 is 5.54. The van der Waals surface area contributed by atoms with Gasteiger partial charge in [0.2, 0.25) is 0 Å². The van der Waals surface area contributed by atoms with E-state index in [1.54, 1.807) is 24.3 Å². The number of benzene rings is 2. The zero-order valence-corrected chi connectivity index (χ0v) is 16.5.